The first-order chi connectivity index (χ1) is 8.42. The van der Waals surface area contributed by atoms with Gasteiger partial charge in [0.2, 0.25) is 0 Å². The Morgan fingerprint density at radius 3 is 2.88 bits per heavy atom. The predicted molar refractivity (Wildman–Crippen MR) is 72.2 cm³/mol. The maximum absolute atomic E-state index is 5.27. The summed E-state index contributed by atoms with van der Waals surface area (Å²) in [6.07, 6.45) is 8.91. The Kier molecular flexibility index (Phi) is 5.06. The fourth-order valence-electron chi connectivity index (χ4n) is 2.72. The van der Waals surface area contributed by atoms with Crippen LogP contribution >= 0.6 is 0 Å². The molecule has 1 nitrogen and oxygen atoms in total. The molecule has 17 heavy (non-hydrogen) atoms. The van der Waals surface area contributed by atoms with Crippen molar-refractivity contribution in [1.29, 1.82) is 0 Å². The lowest BCUT2D eigenvalue weighted by Crippen LogP contribution is -2.06. The summed E-state index contributed by atoms with van der Waals surface area (Å²) < 4.78 is 5.27. The summed E-state index contributed by atoms with van der Waals surface area (Å²) in [6.45, 7) is 5.13. The van der Waals surface area contributed by atoms with E-state index in [4.69, 9.17) is 4.74 Å². The maximum atomic E-state index is 5.27. The minimum atomic E-state index is 0.598. The molecule has 1 aliphatic carbocycles. The van der Waals surface area contributed by atoms with Gasteiger partial charge in [0.1, 0.15) is 0 Å². The van der Waals surface area contributed by atoms with Crippen LogP contribution in [0.1, 0.15) is 42.4 Å². The van der Waals surface area contributed by atoms with Crippen LogP contribution in [-0.4, -0.2) is 13.2 Å². The SMILES string of the molecule is [CH2]COCCCCc1cccc2c1CCCC2. The van der Waals surface area contributed by atoms with Crippen LogP contribution in [-0.2, 0) is 24.0 Å². The predicted octanol–water partition coefficient (Wildman–Crippen LogP) is 3.74. The third-order valence-electron chi connectivity index (χ3n) is 3.62. The van der Waals surface area contributed by atoms with Crippen LogP contribution in [0.2, 0.25) is 0 Å². The van der Waals surface area contributed by atoms with E-state index in [0.717, 1.165) is 13.0 Å². The largest absolute Gasteiger partial charge is 0.381 e. The molecule has 0 atom stereocenters. The molecule has 0 aromatic heterocycles. The van der Waals surface area contributed by atoms with Crippen molar-refractivity contribution in [3.05, 3.63) is 41.8 Å². The van der Waals surface area contributed by atoms with Crippen LogP contribution in [0.5, 0.6) is 0 Å². The molecule has 0 amide bonds. The second-order valence-electron chi connectivity index (χ2n) is 4.83. The Balaban J connectivity index is 1.87. The summed E-state index contributed by atoms with van der Waals surface area (Å²) in [5.74, 6) is 0. The first-order valence-electron chi connectivity index (χ1n) is 6.88. The monoisotopic (exact) mass is 231 g/mol. The molecule has 0 saturated carbocycles. The van der Waals surface area contributed by atoms with Crippen LogP contribution in [0.25, 0.3) is 0 Å². The van der Waals surface area contributed by atoms with E-state index in [2.05, 4.69) is 25.1 Å². The van der Waals surface area contributed by atoms with E-state index in [1.807, 2.05) is 0 Å². The molecule has 93 valence electrons. The van der Waals surface area contributed by atoms with Crippen LogP contribution in [0.4, 0.5) is 0 Å². The Morgan fingerprint density at radius 1 is 1.12 bits per heavy atom. The zero-order chi connectivity index (χ0) is 11.9. The lowest BCUT2D eigenvalue weighted by molar-refractivity contribution is 0.156. The van der Waals surface area contributed by atoms with Crippen molar-refractivity contribution in [2.24, 2.45) is 0 Å². The van der Waals surface area contributed by atoms with E-state index in [9.17, 15) is 0 Å². The first-order valence-corrected chi connectivity index (χ1v) is 6.88. The van der Waals surface area contributed by atoms with Crippen LogP contribution in [0.15, 0.2) is 18.2 Å². The Labute approximate surface area is 105 Å². The van der Waals surface area contributed by atoms with Crippen molar-refractivity contribution in [3.8, 4) is 0 Å². The average Bonchev–Trinajstić information content (AvgIpc) is 2.39. The third-order valence-corrected chi connectivity index (χ3v) is 3.62. The fourth-order valence-corrected chi connectivity index (χ4v) is 2.72. The molecule has 0 heterocycles. The molecule has 0 aliphatic heterocycles. The molecule has 0 saturated heterocycles. The summed E-state index contributed by atoms with van der Waals surface area (Å²) >= 11 is 0. The molecule has 0 unspecified atom stereocenters. The highest BCUT2D eigenvalue weighted by Gasteiger charge is 2.12. The van der Waals surface area contributed by atoms with E-state index >= 15 is 0 Å². The van der Waals surface area contributed by atoms with E-state index in [1.54, 1.807) is 16.7 Å². The van der Waals surface area contributed by atoms with Gasteiger partial charge in [0.05, 0.1) is 0 Å². The van der Waals surface area contributed by atoms with Crippen molar-refractivity contribution in [3.63, 3.8) is 0 Å². The minimum Gasteiger partial charge on any atom is -0.381 e. The molecule has 1 heteroatoms. The highest BCUT2D eigenvalue weighted by atomic mass is 16.5. The van der Waals surface area contributed by atoms with Gasteiger partial charge in [0.25, 0.3) is 0 Å². The number of aryl methyl sites for hydroxylation is 2. The van der Waals surface area contributed by atoms with E-state index in [0.29, 0.717) is 6.61 Å². The van der Waals surface area contributed by atoms with Gasteiger partial charge < -0.3 is 4.74 Å². The van der Waals surface area contributed by atoms with Crippen molar-refractivity contribution in [2.75, 3.05) is 13.2 Å². The smallest absolute Gasteiger partial charge is 0.0466 e. The maximum Gasteiger partial charge on any atom is 0.0466 e. The Hall–Kier alpha value is -0.820. The topological polar surface area (TPSA) is 9.23 Å². The van der Waals surface area contributed by atoms with Gasteiger partial charge in [-0.15, -0.1) is 0 Å². The summed E-state index contributed by atoms with van der Waals surface area (Å²) in [6, 6.07) is 6.85. The van der Waals surface area contributed by atoms with Crippen molar-refractivity contribution in [1.82, 2.24) is 0 Å². The Bertz CT molecular complexity index is 343. The summed E-state index contributed by atoms with van der Waals surface area (Å²) in [4.78, 5) is 0. The lowest BCUT2D eigenvalue weighted by Gasteiger charge is -2.19. The summed E-state index contributed by atoms with van der Waals surface area (Å²) in [5, 5.41) is 0. The van der Waals surface area contributed by atoms with Crippen molar-refractivity contribution in [2.45, 2.75) is 44.9 Å². The van der Waals surface area contributed by atoms with Crippen LogP contribution < -0.4 is 0 Å². The van der Waals surface area contributed by atoms with E-state index < -0.39 is 0 Å². The van der Waals surface area contributed by atoms with Gasteiger partial charge in [-0.2, -0.15) is 0 Å². The standard InChI is InChI=1S/C16H23O/c1-2-17-13-6-5-9-15-11-7-10-14-8-3-4-12-16(14)15/h7,10-11H,1-6,8-9,12-13H2. The number of unbranched alkanes of at least 4 members (excludes halogenated alkanes) is 1. The third kappa shape index (κ3) is 3.57. The number of hydrogen-bond donors (Lipinski definition) is 0. The molecule has 1 aliphatic rings. The highest BCUT2D eigenvalue weighted by Crippen LogP contribution is 2.25. The van der Waals surface area contributed by atoms with Crippen LogP contribution in [0, 0.1) is 6.92 Å². The molecule has 0 bridgehead atoms. The molecular formula is C16H23O. The number of rotatable bonds is 6. The second kappa shape index (κ2) is 6.80. The Morgan fingerprint density at radius 2 is 2.00 bits per heavy atom. The van der Waals surface area contributed by atoms with Crippen LogP contribution in [0.3, 0.4) is 0 Å². The van der Waals surface area contributed by atoms with Gasteiger partial charge in [0.15, 0.2) is 0 Å². The number of ether oxygens (including phenoxy) is 1. The molecule has 1 radical (unpaired) electrons. The highest BCUT2D eigenvalue weighted by molar-refractivity contribution is 5.37. The molecule has 0 fully saturated rings. The van der Waals surface area contributed by atoms with Gasteiger partial charge in [-0.25, -0.2) is 0 Å². The minimum absolute atomic E-state index is 0.598. The number of fused-ring (bicyclic) bond motifs is 1. The first kappa shape index (κ1) is 12.6. The van der Waals surface area contributed by atoms with Gasteiger partial charge >= 0.3 is 0 Å². The second-order valence-corrected chi connectivity index (χ2v) is 4.83. The van der Waals surface area contributed by atoms with E-state index in [-0.39, 0.29) is 0 Å². The van der Waals surface area contributed by atoms with Crippen molar-refractivity contribution >= 4 is 0 Å². The average molecular weight is 231 g/mol. The molecule has 1 aromatic carbocycles. The van der Waals surface area contributed by atoms with E-state index in [1.165, 1.54) is 38.5 Å². The number of benzene rings is 1. The molecular weight excluding hydrogens is 208 g/mol. The number of hydrogen-bond acceptors (Lipinski definition) is 1. The zero-order valence-corrected chi connectivity index (χ0v) is 10.7. The summed E-state index contributed by atoms with van der Waals surface area (Å²) in [5.41, 5.74) is 4.83. The zero-order valence-electron chi connectivity index (χ0n) is 10.7. The van der Waals surface area contributed by atoms with Gasteiger partial charge in [0, 0.05) is 13.2 Å². The van der Waals surface area contributed by atoms with Gasteiger partial charge in [-0.1, -0.05) is 18.2 Å². The van der Waals surface area contributed by atoms with Gasteiger partial charge in [-0.3, -0.25) is 0 Å². The molecule has 1 aromatic rings. The fraction of sp³-hybridized carbons (Fsp3) is 0.562. The normalized spacial score (nSPS) is 14.6. The molecule has 0 N–H and O–H groups in total. The molecule has 2 rings (SSSR count). The van der Waals surface area contributed by atoms with Gasteiger partial charge in [-0.05, 0) is 68.6 Å². The summed E-state index contributed by atoms with van der Waals surface area (Å²) in [7, 11) is 0. The molecule has 0 spiro atoms. The van der Waals surface area contributed by atoms with Crippen molar-refractivity contribution < 1.29 is 4.74 Å². The lowest BCUT2D eigenvalue weighted by atomic mass is 9.87. The quantitative estimate of drug-likeness (QED) is 0.678.